The van der Waals surface area contributed by atoms with Gasteiger partial charge in [0.05, 0.1) is 7.11 Å². The maximum atomic E-state index is 13.1. The van der Waals surface area contributed by atoms with E-state index in [-0.39, 0.29) is 25.2 Å². The molecule has 0 bridgehead atoms. The Morgan fingerprint density at radius 1 is 1.19 bits per heavy atom. The zero-order valence-corrected chi connectivity index (χ0v) is 14.0. The number of halogens is 3. The Balaban J connectivity index is 1.96. The number of hydrogen-bond donors (Lipinski definition) is 1. The zero-order chi connectivity index (χ0) is 19.5. The standard InChI is InChI=1S/C17H18F3NO5/c1-26-12-4-2-11(3-5-12)13(22)6-7-14(23)21-9-8-16(10-21,15(24)25)17(18,19)20/h2-5H,6-10H2,1H3,(H,24,25). The highest BCUT2D eigenvalue weighted by atomic mass is 19.4. The maximum absolute atomic E-state index is 13.1. The highest BCUT2D eigenvalue weighted by Gasteiger charge is 2.64. The lowest BCUT2D eigenvalue weighted by Gasteiger charge is -2.27. The van der Waals surface area contributed by atoms with Crippen LogP contribution in [0.5, 0.6) is 5.75 Å². The van der Waals surface area contributed by atoms with Crippen molar-refractivity contribution in [3.63, 3.8) is 0 Å². The molecule has 1 fully saturated rings. The molecule has 0 radical (unpaired) electrons. The predicted octanol–water partition coefficient (Wildman–Crippen LogP) is 2.52. The summed E-state index contributed by atoms with van der Waals surface area (Å²) >= 11 is 0. The van der Waals surface area contributed by atoms with Crippen LogP contribution in [0.1, 0.15) is 29.6 Å². The van der Waals surface area contributed by atoms with Crippen molar-refractivity contribution in [1.29, 1.82) is 0 Å². The number of amides is 1. The molecule has 26 heavy (non-hydrogen) atoms. The minimum Gasteiger partial charge on any atom is -0.497 e. The number of carboxylic acid groups (broad SMARTS) is 1. The van der Waals surface area contributed by atoms with Gasteiger partial charge in [0.2, 0.25) is 5.91 Å². The minimum absolute atomic E-state index is 0.173. The SMILES string of the molecule is COc1ccc(C(=O)CCC(=O)N2CCC(C(=O)O)(C(F)(F)F)C2)cc1. The van der Waals surface area contributed by atoms with Crippen molar-refractivity contribution in [1.82, 2.24) is 4.90 Å². The van der Waals surface area contributed by atoms with Gasteiger partial charge in [-0.15, -0.1) is 0 Å². The van der Waals surface area contributed by atoms with Crippen molar-refractivity contribution in [2.24, 2.45) is 5.41 Å². The van der Waals surface area contributed by atoms with E-state index in [1.54, 1.807) is 12.1 Å². The van der Waals surface area contributed by atoms with Crippen LogP contribution in [0.4, 0.5) is 13.2 Å². The molecule has 1 aliphatic rings. The van der Waals surface area contributed by atoms with E-state index in [0.717, 1.165) is 4.90 Å². The summed E-state index contributed by atoms with van der Waals surface area (Å²) in [5.41, 5.74) is -2.59. The summed E-state index contributed by atoms with van der Waals surface area (Å²) in [7, 11) is 1.48. The number of methoxy groups -OCH3 is 1. The lowest BCUT2D eigenvalue weighted by molar-refractivity contribution is -0.227. The minimum atomic E-state index is -4.95. The van der Waals surface area contributed by atoms with Gasteiger partial charge in [0, 0.05) is 31.5 Å². The fraction of sp³-hybridized carbons (Fsp3) is 0.471. The Kier molecular flexibility index (Phi) is 5.58. The van der Waals surface area contributed by atoms with Gasteiger partial charge in [-0.05, 0) is 30.7 Å². The Hall–Kier alpha value is -2.58. The third-order valence-electron chi connectivity index (χ3n) is 4.55. The van der Waals surface area contributed by atoms with Gasteiger partial charge >= 0.3 is 12.1 Å². The third-order valence-corrected chi connectivity index (χ3v) is 4.55. The van der Waals surface area contributed by atoms with Gasteiger partial charge in [0.25, 0.3) is 0 Å². The van der Waals surface area contributed by atoms with Crippen LogP contribution in [-0.4, -0.2) is 54.0 Å². The number of nitrogens with zero attached hydrogens (tertiary/aromatic N) is 1. The number of Topliss-reactive ketones (excluding diaryl/α,β-unsaturated/α-hetero) is 1. The third kappa shape index (κ3) is 3.81. The second kappa shape index (κ2) is 7.35. The Morgan fingerprint density at radius 3 is 2.27 bits per heavy atom. The number of hydrogen-bond acceptors (Lipinski definition) is 4. The molecule has 9 heteroatoms. The summed E-state index contributed by atoms with van der Waals surface area (Å²) in [5.74, 6) is -2.43. The number of carbonyl (C=O) groups is 3. The van der Waals surface area contributed by atoms with Crippen LogP contribution in [0.15, 0.2) is 24.3 Å². The van der Waals surface area contributed by atoms with Gasteiger partial charge in [-0.1, -0.05) is 0 Å². The molecule has 1 saturated heterocycles. The van der Waals surface area contributed by atoms with E-state index in [4.69, 9.17) is 9.84 Å². The maximum Gasteiger partial charge on any atom is 0.406 e. The number of ketones is 1. The molecule has 2 rings (SSSR count). The molecule has 0 aromatic heterocycles. The van der Waals surface area contributed by atoms with Gasteiger partial charge < -0.3 is 14.7 Å². The van der Waals surface area contributed by atoms with Crippen LogP contribution in [0, 0.1) is 5.41 Å². The molecule has 1 N–H and O–H groups in total. The quantitative estimate of drug-likeness (QED) is 0.775. The molecule has 0 aliphatic carbocycles. The molecule has 1 atom stereocenters. The van der Waals surface area contributed by atoms with Gasteiger partial charge in [0.15, 0.2) is 11.2 Å². The lowest BCUT2D eigenvalue weighted by atomic mass is 9.86. The average Bonchev–Trinajstić information content (AvgIpc) is 3.06. The van der Waals surface area contributed by atoms with Crippen LogP contribution >= 0.6 is 0 Å². The molecule has 1 aliphatic heterocycles. The average molecular weight is 373 g/mol. The first kappa shape index (κ1) is 19.7. The van der Waals surface area contributed by atoms with E-state index in [9.17, 15) is 27.6 Å². The molecular formula is C17H18F3NO5. The number of alkyl halides is 3. The predicted molar refractivity (Wildman–Crippen MR) is 83.9 cm³/mol. The zero-order valence-electron chi connectivity index (χ0n) is 14.0. The van der Waals surface area contributed by atoms with Crippen LogP contribution in [0.25, 0.3) is 0 Å². The summed E-state index contributed by atoms with van der Waals surface area (Å²) in [6, 6.07) is 6.22. The smallest absolute Gasteiger partial charge is 0.406 e. The molecule has 1 unspecified atom stereocenters. The summed E-state index contributed by atoms with van der Waals surface area (Å²) < 4.78 is 44.3. The topological polar surface area (TPSA) is 83.9 Å². The first-order valence-corrected chi connectivity index (χ1v) is 7.86. The second-order valence-corrected chi connectivity index (χ2v) is 6.10. The van der Waals surface area contributed by atoms with E-state index in [2.05, 4.69) is 0 Å². The normalized spacial score (nSPS) is 20.1. The fourth-order valence-electron chi connectivity index (χ4n) is 2.85. The molecule has 0 saturated carbocycles. The number of rotatable bonds is 6. The Morgan fingerprint density at radius 2 is 1.81 bits per heavy atom. The number of likely N-dealkylation sites (tertiary alicyclic amines) is 1. The Bertz CT molecular complexity index is 701. The van der Waals surface area contributed by atoms with Crippen molar-refractivity contribution in [2.45, 2.75) is 25.4 Å². The van der Waals surface area contributed by atoms with Crippen molar-refractivity contribution >= 4 is 17.7 Å². The van der Waals surface area contributed by atoms with Crippen LogP contribution in [0.2, 0.25) is 0 Å². The second-order valence-electron chi connectivity index (χ2n) is 6.10. The summed E-state index contributed by atoms with van der Waals surface area (Å²) in [6.45, 7) is -1.23. The molecule has 0 spiro atoms. The molecule has 142 valence electrons. The number of carbonyl (C=O) groups excluding carboxylic acids is 2. The highest BCUT2D eigenvalue weighted by Crippen LogP contribution is 2.45. The van der Waals surface area contributed by atoms with E-state index in [0.29, 0.717) is 11.3 Å². The van der Waals surface area contributed by atoms with Gasteiger partial charge in [-0.3, -0.25) is 14.4 Å². The van der Waals surface area contributed by atoms with Gasteiger partial charge in [0.1, 0.15) is 5.75 Å². The van der Waals surface area contributed by atoms with Gasteiger partial charge in [-0.2, -0.15) is 13.2 Å². The molecular weight excluding hydrogens is 355 g/mol. The summed E-state index contributed by atoms with van der Waals surface area (Å²) in [6.07, 6.45) is -6.09. The van der Waals surface area contributed by atoms with Crippen LogP contribution in [-0.2, 0) is 9.59 Å². The lowest BCUT2D eigenvalue weighted by Crippen LogP contribution is -2.47. The molecule has 1 aromatic carbocycles. The molecule has 1 amide bonds. The molecule has 6 nitrogen and oxygen atoms in total. The number of benzene rings is 1. The number of carboxylic acids is 1. The Labute approximate surface area is 147 Å². The van der Waals surface area contributed by atoms with E-state index >= 15 is 0 Å². The highest BCUT2D eigenvalue weighted by molar-refractivity contribution is 5.98. The van der Waals surface area contributed by atoms with Gasteiger partial charge in [-0.25, -0.2) is 0 Å². The molecule has 1 heterocycles. The number of ether oxygens (including phenoxy) is 1. The first-order chi connectivity index (χ1) is 12.1. The number of aliphatic carboxylic acids is 1. The van der Waals surface area contributed by atoms with E-state index in [1.807, 2.05) is 0 Å². The van der Waals surface area contributed by atoms with Crippen molar-refractivity contribution in [3.05, 3.63) is 29.8 Å². The largest absolute Gasteiger partial charge is 0.497 e. The monoisotopic (exact) mass is 373 g/mol. The first-order valence-electron chi connectivity index (χ1n) is 7.86. The molecule has 1 aromatic rings. The van der Waals surface area contributed by atoms with Crippen LogP contribution < -0.4 is 4.74 Å². The van der Waals surface area contributed by atoms with E-state index < -0.39 is 36.4 Å². The van der Waals surface area contributed by atoms with E-state index in [1.165, 1.54) is 19.2 Å². The van der Waals surface area contributed by atoms with Crippen molar-refractivity contribution < 1.29 is 37.4 Å². The van der Waals surface area contributed by atoms with Crippen molar-refractivity contribution in [2.75, 3.05) is 20.2 Å². The van der Waals surface area contributed by atoms with Crippen molar-refractivity contribution in [3.8, 4) is 5.75 Å². The fourth-order valence-corrected chi connectivity index (χ4v) is 2.85. The van der Waals surface area contributed by atoms with Crippen LogP contribution in [0.3, 0.4) is 0 Å². The summed E-state index contributed by atoms with van der Waals surface area (Å²) in [5, 5.41) is 8.99. The summed E-state index contributed by atoms with van der Waals surface area (Å²) in [4.78, 5) is 36.2.